The summed E-state index contributed by atoms with van der Waals surface area (Å²) in [4.78, 5) is 24.6. The average Bonchev–Trinajstić information content (AvgIpc) is 3.83. The molecule has 7 heteroatoms. The van der Waals surface area contributed by atoms with E-state index in [0.29, 0.717) is 23.3 Å². The van der Waals surface area contributed by atoms with Gasteiger partial charge in [-0.3, -0.25) is 0 Å². The third-order valence-electron chi connectivity index (χ3n) is 11.2. The van der Waals surface area contributed by atoms with Crippen molar-refractivity contribution in [3.8, 4) is 45.8 Å². The van der Waals surface area contributed by atoms with Crippen molar-refractivity contribution >= 4 is 65.2 Å². The zero-order chi connectivity index (χ0) is 38.2. The molecule has 0 atom stereocenters. The first-order chi connectivity index (χ1) is 28.8. The summed E-state index contributed by atoms with van der Waals surface area (Å²) in [5.41, 5.74) is 8.27. The van der Waals surface area contributed by atoms with Crippen LogP contribution in [-0.4, -0.2) is 34.1 Å². The summed E-state index contributed by atoms with van der Waals surface area (Å²) < 4.78 is 4.78. The highest BCUT2D eigenvalue weighted by Crippen LogP contribution is 2.45. The number of hydrogen-bond donors (Lipinski definition) is 0. The number of hydrogen-bond acceptors (Lipinski definition) is 5. The molecule has 0 radical (unpaired) electrons. The lowest BCUT2D eigenvalue weighted by Crippen LogP contribution is -2.03. The Morgan fingerprint density at radius 2 is 0.793 bits per heavy atom. The molecule has 0 saturated carbocycles. The number of aromatic nitrogens is 7. The summed E-state index contributed by atoms with van der Waals surface area (Å²) in [6.07, 6.45) is 3.78. The molecular weight excluding hydrogens is 711 g/mol. The van der Waals surface area contributed by atoms with E-state index < -0.39 is 0 Å². The maximum absolute atomic E-state index is 4.97. The second-order valence-corrected chi connectivity index (χ2v) is 14.5. The Hall–Kier alpha value is -8.03. The van der Waals surface area contributed by atoms with E-state index in [9.17, 15) is 0 Å². The molecule has 7 nitrogen and oxygen atoms in total. The van der Waals surface area contributed by atoms with Gasteiger partial charge in [-0.05, 0) is 29.0 Å². The van der Waals surface area contributed by atoms with E-state index in [2.05, 4.69) is 124 Å². The predicted molar refractivity (Wildman–Crippen MR) is 235 cm³/mol. The molecule has 270 valence electrons. The molecule has 0 bridgehead atoms. The highest BCUT2D eigenvalue weighted by molar-refractivity contribution is 6.30. The van der Waals surface area contributed by atoms with E-state index >= 15 is 0 Å². The summed E-state index contributed by atoms with van der Waals surface area (Å²) in [6, 6.07) is 61.5. The first kappa shape index (κ1) is 32.2. The van der Waals surface area contributed by atoms with Gasteiger partial charge in [0.1, 0.15) is 0 Å². The van der Waals surface area contributed by atoms with Crippen LogP contribution in [0, 0.1) is 0 Å². The largest absolute Gasteiger partial charge is 0.308 e. The lowest BCUT2D eigenvalue weighted by atomic mass is 10.0. The zero-order valence-corrected chi connectivity index (χ0v) is 31.0. The summed E-state index contributed by atoms with van der Waals surface area (Å²) in [5, 5.41) is 9.49. The van der Waals surface area contributed by atoms with Crippen LogP contribution in [-0.2, 0) is 0 Å². The van der Waals surface area contributed by atoms with Crippen molar-refractivity contribution in [2.75, 3.05) is 0 Å². The molecule has 0 spiro atoms. The van der Waals surface area contributed by atoms with Gasteiger partial charge < -0.3 is 9.13 Å². The van der Waals surface area contributed by atoms with Gasteiger partial charge in [0.15, 0.2) is 17.5 Å². The van der Waals surface area contributed by atoms with Gasteiger partial charge in [0.25, 0.3) is 0 Å². The monoisotopic (exact) mass is 741 g/mol. The Bertz CT molecular complexity index is 3480. The minimum Gasteiger partial charge on any atom is -0.308 e. The van der Waals surface area contributed by atoms with Crippen molar-refractivity contribution < 1.29 is 0 Å². The zero-order valence-electron chi connectivity index (χ0n) is 31.0. The molecule has 4 heterocycles. The lowest BCUT2D eigenvalue weighted by molar-refractivity contribution is 1.01. The van der Waals surface area contributed by atoms with Crippen LogP contribution in [0.5, 0.6) is 0 Å². The molecule has 12 aromatic rings. The summed E-state index contributed by atoms with van der Waals surface area (Å²) >= 11 is 0. The second kappa shape index (κ2) is 12.8. The minimum absolute atomic E-state index is 0.410. The summed E-state index contributed by atoms with van der Waals surface area (Å²) in [6.45, 7) is 0. The molecule has 0 aliphatic heterocycles. The van der Waals surface area contributed by atoms with E-state index in [-0.39, 0.29) is 0 Å². The third kappa shape index (κ3) is 4.90. The van der Waals surface area contributed by atoms with Crippen LogP contribution in [0.2, 0.25) is 0 Å². The number of nitrogens with zero attached hydrogens (tertiary/aromatic N) is 7. The fourth-order valence-electron chi connectivity index (χ4n) is 8.69. The van der Waals surface area contributed by atoms with Crippen molar-refractivity contribution in [2.45, 2.75) is 0 Å². The molecule has 0 fully saturated rings. The van der Waals surface area contributed by atoms with E-state index in [4.69, 9.17) is 24.9 Å². The quantitative estimate of drug-likeness (QED) is 0.176. The fourth-order valence-corrected chi connectivity index (χ4v) is 8.69. The van der Waals surface area contributed by atoms with E-state index in [1.807, 2.05) is 73.1 Å². The first-order valence-electron chi connectivity index (χ1n) is 19.3. The third-order valence-corrected chi connectivity index (χ3v) is 11.2. The van der Waals surface area contributed by atoms with Crippen LogP contribution in [0.3, 0.4) is 0 Å². The molecule has 0 saturated heterocycles. The highest BCUT2D eigenvalue weighted by Gasteiger charge is 2.24. The Balaban J connectivity index is 1.13. The van der Waals surface area contributed by atoms with Crippen LogP contribution >= 0.6 is 0 Å². The van der Waals surface area contributed by atoms with Crippen molar-refractivity contribution in [2.24, 2.45) is 0 Å². The SMILES string of the molecule is c1ccc(-c2nc(-c3ccccc3)nc(-c3ncc(-n4c5ccc6c7ccc8ccccc8c7n(-c7ccccc7)c6c5c5ccc6ccccc6c54)cn3)n2)cc1. The Kier molecular flexibility index (Phi) is 7.09. The van der Waals surface area contributed by atoms with Gasteiger partial charge in [0.05, 0.1) is 40.1 Å². The molecule has 0 aliphatic carbocycles. The van der Waals surface area contributed by atoms with E-state index in [1.165, 1.54) is 38.0 Å². The van der Waals surface area contributed by atoms with Gasteiger partial charge in [0.2, 0.25) is 5.82 Å². The van der Waals surface area contributed by atoms with Gasteiger partial charge in [0, 0.05) is 49.1 Å². The van der Waals surface area contributed by atoms with Crippen molar-refractivity contribution in [3.05, 3.63) is 188 Å². The van der Waals surface area contributed by atoms with E-state index in [0.717, 1.165) is 49.7 Å². The van der Waals surface area contributed by atoms with Crippen LogP contribution in [0.15, 0.2) is 188 Å². The molecule has 0 N–H and O–H groups in total. The second-order valence-electron chi connectivity index (χ2n) is 14.5. The maximum Gasteiger partial charge on any atom is 0.201 e. The number of benzene rings is 8. The number of rotatable bonds is 5. The van der Waals surface area contributed by atoms with E-state index in [1.54, 1.807) is 0 Å². The smallest absolute Gasteiger partial charge is 0.201 e. The van der Waals surface area contributed by atoms with Crippen molar-refractivity contribution in [3.63, 3.8) is 0 Å². The van der Waals surface area contributed by atoms with Crippen LogP contribution in [0.25, 0.3) is 111 Å². The topological polar surface area (TPSA) is 74.3 Å². The van der Waals surface area contributed by atoms with Gasteiger partial charge >= 0.3 is 0 Å². The fraction of sp³-hybridized carbons (Fsp3) is 0. The Labute approximate surface area is 332 Å². The summed E-state index contributed by atoms with van der Waals surface area (Å²) in [7, 11) is 0. The highest BCUT2D eigenvalue weighted by atomic mass is 15.1. The number of para-hydroxylation sites is 1. The molecule has 58 heavy (non-hydrogen) atoms. The van der Waals surface area contributed by atoms with Crippen molar-refractivity contribution in [1.29, 1.82) is 0 Å². The molecule has 4 aromatic heterocycles. The van der Waals surface area contributed by atoms with Gasteiger partial charge in [-0.25, -0.2) is 24.9 Å². The minimum atomic E-state index is 0.410. The summed E-state index contributed by atoms with van der Waals surface area (Å²) in [5.74, 6) is 1.96. The predicted octanol–water partition coefficient (Wildman–Crippen LogP) is 12.2. The standard InChI is InChI=1S/C51H31N7/c1-4-16-34(17-5-1)48-54-49(35-18-6-2-7-19-35)56-51(55-48)50-52-30-37(31-53-50)57-43-29-28-41-40-26-24-32-14-10-12-22-38(32)45(40)58(36-20-8-3-9-21-36)47(41)44(43)42-27-25-33-15-11-13-23-39(33)46(42)57/h1-31H. The molecule has 0 aliphatic rings. The molecule has 12 rings (SSSR count). The molecular formula is C51H31N7. The molecule has 8 aromatic carbocycles. The Morgan fingerprint density at radius 1 is 0.310 bits per heavy atom. The number of fused-ring (bicyclic) bond motifs is 11. The lowest BCUT2D eigenvalue weighted by Gasteiger charge is -2.11. The normalized spacial score (nSPS) is 11.8. The van der Waals surface area contributed by atoms with Crippen LogP contribution in [0.4, 0.5) is 0 Å². The van der Waals surface area contributed by atoms with Crippen LogP contribution in [0.1, 0.15) is 0 Å². The molecule has 0 amide bonds. The van der Waals surface area contributed by atoms with Crippen molar-refractivity contribution in [1.82, 2.24) is 34.1 Å². The van der Waals surface area contributed by atoms with Gasteiger partial charge in [-0.2, -0.15) is 0 Å². The maximum atomic E-state index is 4.97. The van der Waals surface area contributed by atoms with Gasteiger partial charge in [-0.1, -0.05) is 158 Å². The average molecular weight is 742 g/mol. The van der Waals surface area contributed by atoms with Gasteiger partial charge in [-0.15, -0.1) is 0 Å². The Morgan fingerprint density at radius 3 is 1.41 bits per heavy atom. The molecule has 0 unspecified atom stereocenters. The first-order valence-corrected chi connectivity index (χ1v) is 19.3. The van der Waals surface area contributed by atoms with Crippen LogP contribution < -0.4 is 0 Å².